The third kappa shape index (κ3) is 4.45. The molecule has 2 aromatic carbocycles. The molecule has 0 saturated carbocycles. The van der Waals surface area contributed by atoms with Crippen LogP contribution in [0.2, 0.25) is 5.02 Å². The van der Waals surface area contributed by atoms with Crippen LogP contribution >= 0.6 is 11.6 Å². The number of esters is 1. The van der Waals surface area contributed by atoms with Crippen molar-refractivity contribution < 1.29 is 27.4 Å². The molecular weight excluding hydrogens is 407 g/mol. The van der Waals surface area contributed by atoms with Crippen molar-refractivity contribution in [3.63, 3.8) is 0 Å². The van der Waals surface area contributed by atoms with E-state index < -0.39 is 18.1 Å². The maximum absolute atomic E-state index is 12.7. The van der Waals surface area contributed by atoms with Crippen LogP contribution < -0.4 is 4.74 Å². The molecule has 0 spiro atoms. The zero-order valence-corrected chi connectivity index (χ0v) is 16.6. The topological polar surface area (TPSA) is 48.4 Å². The number of methoxy groups -OCH3 is 1. The van der Waals surface area contributed by atoms with Crippen LogP contribution in [0.1, 0.15) is 35.8 Å². The number of rotatable bonds is 4. The zero-order valence-electron chi connectivity index (χ0n) is 15.8. The van der Waals surface area contributed by atoms with Gasteiger partial charge in [0.15, 0.2) is 0 Å². The first-order valence-corrected chi connectivity index (χ1v) is 9.06. The van der Waals surface area contributed by atoms with Crippen molar-refractivity contribution in [3.05, 3.63) is 58.7 Å². The van der Waals surface area contributed by atoms with Crippen molar-refractivity contribution in [2.24, 2.45) is 0 Å². The number of carbonyl (C=O) groups is 1. The Morgan fingerprint density at radius 1 is 1.14 bits per heavy atom. The van der Waals surface area contributed by atoms with Gasteiger partial charge in [-0.3, -0.25) is 4.98 Å². The van der Waals surface area contributed by atoms with Gasteiger partial charge < -0.3 is 9.47 Å². The molecule has 0 bridgehead atoms. The SMILES string of the molecule is COC(=O)c1c(C(C)C)nc2ccc(Cl)cc2c1-c1cccc(OC(F)(F)F)c1. The summed E-state index contributed by atoms with van der Waals surface area (Å²) in [4.78, 5) is 17.3. The summed E-state index contributed by atoms with van der Waals surface area (Å²) in [5, 5.41) is 0.919. The largest absolute Gasteiger partial charge is 0.573 e. The number of benzene rings is 2. The summed E-state index contributed by atoms with van der Waals surface area (Å²) in [6, 6.07) is 10.4. The van der Waals surface area contributed by atoms with Crippen molar-refractivity contribution in [2.45, 2.75) is 26.1 Å². The minimum Gasteiger partial charge on any atom is -0.465 e. The van der Waals surface area contributed by atoms with Crippen LogP contribution in [-0.2, 0) is 4.74 Å². The van der Waals surface area contributed by atoms with Crippen molar-refractivity contribution in [1.82, 2.24) is 4.98 Å². The lowest BCUT2D eigenvalue weighted by molar-refractivity contribution is -0.274. The molecule has 0 amide bonds. The summed E-state index contributed by atoms with van der Waals surface area (Å²) >= 11 is 6.15. The molecule has 0 aliphatic rings. The number of ether oxygens (including phenoxy) is 2. The lowest BCUT2D eigenvalue weighted by atomic mass is 9.91. The summed E-state index contributed by atoms with van der Waals surface area (Å²) in [6.07, 6.45) is -4.84. The fraction of sp³-hybridized carbons (Fsp3) is 0.238. The molecule has 8 heteroatoms. The normalized spacial score (nSPS) is 11.7. The molecule has 4 nitrogen and oxygen atoms in total. The number of aromatic nitrogens is 1. The Balaban J connectivity index is 2.39. The van der Waals surface area contributed by atoms with Gasteiger partial charge in [-0.1, -0.05) is 37.6 Å². The molecule has 152 valence electrons. The Morgan fingerprint density at radius 3 is 2.48 bits per heavy atom. The van der Waals surface area contributed by atoms with Gasteiger partial charge in [0.25, 0.3) is 0 Å². The van der Waals surface area contributed by atoms with E-state index in [4.69, 9.17) is 16.3 Å². The first kappa shape index (κ1) is 20.9. The summed E-state index contributed by atoms with van der Waals surface area (Å²) in [6.45, 7) is 3.73. The lowest BCUT2D eigenvalue weighted by Gasteiger charge is -2.19. The van der Waals surface area contributed by atoms with Crippen molar-refractivity contribution in [1.29, 1.82) is 0 Å². The predicted molar refractivity (Wildman–Crippen MR) is 104 cm³/mol. The zero-order chi connectivity index (χ0) is 21.3. The quantitative estimate of drug-likeness (QED) is 0.458. The van der Waals surface area contributed by atoms with E-state index in [1.54, 1.807) is 24.3 Å². The smallest absolute Gasteiger partial charge is 0.465 e. The van der Waals surface area contributed by atoms with Gasteiger partial charge in [0, 0.05) is 16.0 Å². The molecule has 0 unspecified atom stereocenters. The van der Waals surface area contributed by atoms with E-state index in [1.165, 1.54) is 25.3 Å². The van der Waals surface area contributed by atoms with E-state index in [1.807, 2.05) is 13.8 Å². The van der Waals surface area contributed by atoms with E-state index in [2.05, 4.69) is 9.72 Å². The Bertz CT molecular complexity index is 1080. The summed E-state index contributed by atoms with van der Waals surface area (Å²) < 4.78 is 47.1. The van der Waals surface area contributed by atoms with Crippen LogP contribution in [0.15, 0.2) is 42.5 Å². The van der Waals surface area contributed by atoms with E-state index in [0.29, 0.717) is 32.7 Å². The fourth-order valence-electron chi connectivity index (χ4n) is 3.13. The molecule has 3 aromatic rings. The van der Waals surface area contributed by atoms with Crippen LogP contribution in [0.4, 0.5) is 13.2 Å². The molecule has 0 fully saturated rings. The standard InChI is InChI=1S/C21H17ClF3NO3/c1-11(2)19-18(20(27)28-3)17(15-10-13(22)7-8-16(15)26-19)12-5-4-6-14(9-12)29-21(23,24)25/h4-11H,1-3H3. The molecule has 1 heterocycles. The average Bonchev–Trinajstić information content (AvgIpc) is 2.64. The van der Waals surface area contributed by atoms with Crippen molar-refractivity contribution >= 4 is 28.5 Å². The molecule has 0 aliphatic carbocycles. The highest BCUT2D eigenvalue weighted by atomic mass is 35.5. The first-order chi connectivity index (χ1) is 13.6. The fourth-order valence-corrected chi connectivity index (χ4v) is 3.30. The molecule has 1 aromatic heterocycles. The summed E-state index contributed by atoms with van der Waals surface area (Å²) in [5.74, 6) is -1.18. The third-order valence-corrected chi connectivity index (χ3v) is 4.50. The summed E-state index contributed by atoms with van der Waals surface area (Å²) in [7, 11) is 1.24. The van der Waals surface area contributed by atoms with E-state index in [-0.39, 0.29) is 11.5 Å². The highest BCUT2D eigenvalue weighted by Gasteiger charge is 2.31. The second-order valence-electron chi connectivity index (χ2n) is 6.63. The molecular formula is C21H17ClF3NO3. The van der Waals surface area contributed by atoms with Crippen LogP contribution in [-0.4, -0.2) is 24.4 Å². The maximum atomic E-state index is 12.7. The number of hydrogen-bond donors (Lipinski definition) is 0. The third-order valence-electron chi connectivity index (χ3n) is 4.27. The molecule has 29 heavy (non-hydrogen) atoms. The van der Waals surface area contributed by atoms with E-state index in [0.717, 1.165) is 0 Å². The second kappa shape index (κ2) is 7.91. The Labute approximate surface area is 170 Å². The van der Waals surface area contributed by atoms with Crippen molar-refractivity contribution in [3.8, 4) is 16.9 Å². The van der Waals surface area contributed by atoms with Crippen LogP contribution in [0.3, 0.4) is 0 Å². The van der Waals surface area contributed by atoms with Gasteiger partial charge in [-0.05, 0) is 41.8 Å². The number of nitrogens with zero attached hydrogens (tertiary/aromatic N) is 1. The van der Waals surface area contributed by atoms with Crippen LogP contribution in [0, 0.1) is 0 Å². The minimum absolute atomic E-state index is 0.141. The van der Waals surface area contributed by atoms with Gasteiger partial charge in [0.1, 0.15) is 5.75 Å². The first-order valence-electron chi connectivity index (χ1n) is 8.68. The van der Waals surface area contributed by atoms with E-state index in [9.17, 15) is 18.0 Å². The molecule has 0 saturated heterocycles. The lowest BCUT2D eigenvalue weighted by Crippen LogP contribution is -2.17. The second-order valence-corrected chi connectivity index (χ2v) is 7.07. The summed E-state index contributed by atoms with van der Waals surface area (Å²) in [5.41, 5.74) is 1.96. The van der Waals surface area contributed by atoms with Gasteiger partial charge in [-0.2, -0.15) is 0 Å². The number of halogens is 4. The molecule has 0 atom stereocenters. The van der Waals surface area contributed by atoms with Gasteiger partial charge in [-0.25, -0.2) is 4.79 Å². The van der Waals surface area contributed by atoms with Gasteiger partial charge in [0.05, 0.1) is 23.9 Å². The van der Waals surface area contributed by atoms with Crippen LogP contribution in [0.25, 0.3) is 22.0 Å². The van der Waals surface area contributed by atoms with Crippen molar-refractivity contribution in [2.75, 3.05) is 7.11 Å². The molecule has 0 aliphatic heterocycles. The number of carbonyl (C=O) groups excluding carboxylic acids is 1. The minimum atomic E-state index is -4.84. The highest BCUT2D eigenvalue weighted by molar-refractivity contribution is 6.31. The number of pyridine rings is 1. The number of alkyl halides is 3. The number of fused-ring (bicyclic) bond motifs is 1. The monoisotopic (exact) mass is 423 g/mol. The van der Waals surface area contributed by atoms with Gasteiger partial charge in [0.2, 0.25) is 0 Å². The Hall–Kier alpha value is -2.80. The molecule has 0 radical (unpaired) electrons. The van der Waals surface area contributed by atoms with E-state index >= 15 is 0 Å². The Kier molecular flexibility index (Phi) is 5.71. The molecule has 3 rings (SSSR count). The highest BCUT2D eigenvalue weighted by Crippen LogP contribution is 2.38. The van der Waals surface area contributed by atoms with Crippen LogP contribution in [0.5, 0.6) is 5.75 Å². The number of hydrogen-bond acceptors (Lipinski definition) is 4. The van der Waals surface area contributed by atoms with Gasteiger partial charge in [-0.15, -0.1) is 13.2 Å². The maximum Gasteiger partial charge on any atom is 0.573 e. The Morgan fingerprint density at radius 2 is 1.86 bits per heavy atom. The average molecular weight is 424 g/mol. The predicted octanol–water partition coefficient (Wildman–Crippen LogP) is 6.36. The van der Waals surface area contributed by atoms with Gasteiger partial charge >= 0.3 is 12.3 Å². The molecule has 0 N–H and O–H groups in total.